The van der Waals surface area contributed by atoms with Gasteiger partial charge in [-0.25, -0.2) is 9.97 Å². The molecule has 2 aromatic heterocycles. The molecule has 0 N–H and O–H groups in total. The van der Waals surface area contributed by atoms with Gasteiger partial charge in [0.2, 0.25) is 0 Å². The summed E-state index contributed by atoms with van der Waals surface area (Å²) < 4.78 is 6.23. The number of para-hydroxylation sites is 1. The van der Waals surface area contributed by atoms with Crippen molar-refractivity contribution in [1.82, 2.24) is 9.97 Å². The van der Waals surface area contributed by atoms with E-state index < -0.39 is 0 Å². The zero-order valence-electron chi connectivity index (χ0n) is 32.1. The Labute approximate surface area is 342 Å². The Morgan fingerprint density at radius 3 is 1.47 bits per heavy atom. The number of nitrogens with zero attached hydrogens (tertiary/aromatic N) is 2. The van der Waals surface area contributed by atoms with Crippen LogP contribution in [0.2, 0.25) is 0 Å². The van der Waals surface area contributed by atoms with Crippen molar-refractivity contribution < 1.29 is 4.42 Å². The highest BCUT2D eigenvalue weighted by molar-refractivity contribution is 6.06. The van der Waals surface area contributed by atoms with Crippen molar-refractivity contribution in [3.05, 3.63) is 218 Å². The standard InChI is InChI=1S/C56H36N2O/c1-3-11-37(12-4-1)39-23-26-42(27-24-39)52-36-53(58-56(57-52)43-14-5-2-6-15-43)49-33-47(41-21-19-40(20-22-41)45-28-25-38-13-7-8-16-44(38)31-45)32-48(34-49)46-29-30-55-51(35-46)50-17-9-10-18-54(50)59-55/h1-36H. The molecule has 0 bridgehead atoms. The van der Waals surface area contributed by atoms with Crippen LogP contribution in [-0.2, 0) is 0 Å². The maximum atomic E-state index is 6.23. The van der Waals surface area contributed by atoms with Crippen LogP contribution in [0.15, 0.2) is 223 Å². The van der Waals surface area contributed by atoms with Gasteiger partial charge < -0.3 is 4.42 Å². The molecule has 11 rings (SSSR count). The van der Waals surface area contributed by atoms with Gasteiger partial charge in [0.05, 0.1) is 11.4 Å². The van der Waals surface area contributed by atoms with E-state index in [-0.39, 0.29) is 0 Å². The van der Waals surface area contributed by atoms with E-state index in [0.717, 1.165) is 72.3 Å². The molecule has 0 saturated heterocycles. The van der Waals surface area contributed by atoms with Crippen molar-refractivity contribution in [2.45, 2.75) is 0 Å². The van der Waals surface area contributed by atoms with E-state index in [2.05, 4.69) is 182 Å². The van der Waals surface area contributed by atoms with Gasteiger partial charge in [0, 0.05) is 27.5 Å². The van der Waals surface area contributed by atoms with Crippen molar-refractivity contribution in [3.63, 3.8) is 0 Å². The first-order chi connectivity index (χ1) is 29.2. The number of benzene rings is 9. The van der Waals surface area contributed by atoms with Crippen LogP contribution in [-0.4, -0.2) is 9.97 Å². The van der Waals surface area contributed by atoms with Crippen molar-refractivity contribution in [2.75, 3.05) is 0 Å². The number of hydrogen-bond donors (Lipinski definition) is 0. The topological polar surface area (TPSA) is 38.9 Å². The van der Waals surface area contributed by atoms with E-state index >= 15 is 0 Å². The second-order valence-electron chi connectivity index (χ2n) is 15.0. The van der Waals surface area contributed by atoms with Gasteiger partial charge in [-0.1, -0.05) is 170 Å². The minimum absolute atomic E-state index is 0.684. The SMILES string of the molecule is c1ccc(-c2ccc(-c3cc(-c4cc(-c5ccc(-c6ccc7ccccc7c6)cc5)cc(-c5ccc6oc7ccccc7c6c5)c4)nc(-c4ccccc4)n3)cc2)cc1. The summed E-state index contributed by atoms with van der Waals surface area (Å²) in [5.41, 5.74) is 15.7. The molecular formula is C56H36N2O. The molecule has 0 fully saturated rings. The van der Waals surface area contributed by atoms with Crippen LogP contribution in [0.1, 0.15) is 0 Å². The highest BCUT2D eigenvalue weighted by Crippen LogP contribution is 2.38. The first-order valence-electron chi connectivity index (χ1n) is 20.0. The summed E-state index contributed by atoms with van der Waals surface area (Å²) in [4.78, 5) is 10.4. The summed E-state index contributed by atoms with van der Waals surface area (Å²) in [6.07, 6.45) is 0. The quantitative estimate of drug-likeness (QED) is 0.163. The zero-order valence-corrected chi connectivity index (χ0v) is 32.1. The smallest absolute Gasteiger partial charge is 0.160 e. The molecule has 11 aromatic rings. The summed E-state index contributed by atoms with van der Waals surface area (Å²) >= 11 is 0. The maximum absolute atomic E-state index is 6.23. The van der Waals surface area contributed by atoms with Gasteiger partial charge in [-0.05, 0) is 104 Å². The second kappa shape index (κ2) is 14.6. The summed E-state index contributed by atoms with van der Waals surface area (Å²) in [7, 11) is 0. The normalized spacial score (nSPS) is 11.4. The van der Waals surface area contributed by atoms with E-state index in [9.17, 15) is 0 Å². The van der Waals surface area contributed by atoms with Crippen molar-refractivity contribution >= 4 is 32.7 Å². The molecule has 0 atom stereocenters. The molecule has 276 valence electrons. The van der Waals surface area contributed by atoms with E-state index in [0.29, 0.717) is 5.82 Å². The molecule has 2 heterocycles. The minimum atomic E-state index is 0.684. The van der Waals surface area contributed by atoms with Crippen LogP contribution in [0.25, 0.3) is 111 Å². The fourth-order valence-corrected chi connectivity index (χ4v) is 8.16. The molecule has 0 unspecified atom stereocenters. The predicted molar refractivity (Wildman–Crippen MR) is 245 cm³/mol. The van der Waals surface area contributed by atoms with E-state index in [1.165, 1.54) is 33.0 Å². The van der Waals surface area contributed by atoms with Crippen LogP contribution in [0.5, 0.6) is 0 Å². The molecule has 9 aromatic carbocycles. The fourth-order valence-electron chi connectivity index (χ4n) is 8.16. The van der Waals surface area contributed by atoms with Crippen LogP contribution < -0.4 is 0 Å². The molecule has 59 heavy (non-hydrogen) atoms. The van der Waals surface area contributed by atoms with Gasteiger partial charge in [0.25, 0.3) is 0 Å². The van der Waals surface area contributed by atoms with Crippen molar-refractivity contribution in [1.29, 1.82) is 0 Å². The van der Waals surface area contributed by atoms with Crippen LogP contribution in [0.4, 0.5) is 0 Å². The summed E-state index contributed by atoms with van der Waals surface area (Å²) in [5.74, 6) is 0.684. The van der Waals surface area contributed by atoms with Gasteiger partial charge in [-0.3, -0.25) is 0 Å². The monoisotopic (exact) mass is 752 g/mol. The Hall–Kier alpha value is -7.88. The van der Waals surface area contributed by atoms with E-state index in [4.69, 9.17) is 14.4 Å². The second-order valence-corrected chi connectivity index (χ2v) is 15.0. The number of aromatic nitrogens is 2. The average molecular weight is 753 g/mol. The minimum Gasteiger partial charge on any atom is -0.456 e. The molecule has 0 radical (unpaired) electrons. The molecule has 0 aliphatic heterocycles. The lowest BCUT2D eigenvalue weighted by Gasteiger charge is -2.14. The first-order valence-corrected chi connectivity index (χ1v) is 20.0. The maximum Gasteiger partial charge on any atom is 0.160 e. The zero-order chi connectivity index (χ0) is 39.1. The molecule has 0 aliphatic rings. The van der Waals surface area contributed by atoms with Gasteiger partial charge in [-0.2, -0.15) is 0 Å². The fraction of sp³-hybridized carbons (Fsp3) is 0. The lowest BCUT2D eigenvalue weighted by molar-refractivity contribution is 0.669. The lowest BCUT2D eigenvalue weighted by Crippen LogP contribution is -1.96. The third-order valence-corrected chi connectivity index (χ3v) is 11.3. The molecule has 3 heteroatoms. The highest BCUT2D eigenvalue weighted by atomic mass is 16.3. The molecule has 0 aliphatic carbocycles. The molecular weight excluding hydrogens is 717 g/mol. The highest BCUT2D eigenvalue weighted by Gasteiger charge is 2.15. The number of hydrogen-bond acceptors (Lipinski definition) is 3. The summed E-state index contributed by atoms with van der Waals surface area (Å²) in [6, 6.07) is 77.2. The Balaban J connectivity index is 1.06. The molecule has 0 amide bonds. The van der Waals surface area contributed by atoms with E-state index in [1.807, 2.05) is 36.4 Å². The Bertz CT molecular complexity index is 3290. The largest absolute Gasteiger partial charge is 0.456 e. The van der Waals surface area contributed by atoms with Gasteiger partial charge in [0.1, 0.15) is 11.2 Å². The predicted octanol–water partition coefficient (Wildman–Crippen LogP) is 15.2. The molecule has 3 nitrogen and oxygen atoms in total. The summed E-state index contributed by atoms with van der Waals surface area (Å²) in [6.45, 7) is 0. The molecule has 0 saturated carbocycles. The van der Waals surface area contributed by atoms with Gasteiger partial charge in [-0.15, -0.1) is 0 Å². The number of rotatable bonds is 7. The van der Waals surface area contributed by atoms with Crippen molar-refractivity contribution in [3.8, 4) is 78.4 Å². The van der Waals surface area contributed by atoms with Crippen molar-refractivity contribution in [2.24, 2.45) is 0 Å². The number of furan rings is 1. The average Bonchev–Trinajstić information content (AvgIpc) is 3.70. The van der Waals surface area contributed by atoms with Gasteiger partial charge >= 0.3 is 0 Å². The first kappa shape index (κ1) is 34.4. The van der Waals surface area contributed by atoms with Crippen LogP contribution in [0, 0.1) is 0 Å². The summed E-state index contributed by atoms with van der Waals surface area (Å²) in [5, 5.41) is 4.68. The van der Waals surface area contributed by atoms with Crippen LogP contribution in [0.3, 0.4) is 0 Å². The van der Waals surface area contributed by atoms with E-state index in [1.54, 1.807) is 0 Å². The van der Waals surface area contributed by atoms with Crippen LogP contribution >= 0.6 is 0 Å². The molecule has 0 spiro atoms. The Morgan fingerprint density at radius 1 is 0.254 bits per heavy atom. The number of fused-ring (bicyclic) bond motifs is 4. The Kier molecular flexibility index (Phi) is 8.49. The third-order valence-electron chi connectivity index (χ3n) is 11.3. The van der Waals surface area contributed by atoms with Gasteiger partial charge in [0.15, 0.2) is 5.82 Å². The lowest BCUT2D eigenvalue weighted by atomic mass is 9.93. The third kappa shape index (κ3) is 6.65. The Morgan fingerprint density at radius 2 is 0.729 bits per heavy atom.